The molecule has 7 heteroatoms. The van der Waals surface area contributed by atoms with Gasteiger partial charge in [0.05, 0.1) is 6.10 Å². The van der Waals surface area contributed by atoms with E-state index in [1.54, 1.807) is 26.3 Å². The van der Waals surface area contributed by atoms with Gasteiger partial charge in [-0.05, 0) is 43.2 Å². The summed E-state index contributed by atoms with van der Waals surface area (Å²) in [6.07, 6.45) is 6.97. The smallest absolute Gasteiger partial charge is 0.191 e. The molecule has 25 heavy (non-hydrogen) atoms. The van der Waals surface area contributed by atoms with Gasteiger partial charge in [-0.3, -0.25) is 4.99 Å². The van der Waals surface area contributed by atoms with E-state index in [0.29, 0.717) is 12.6 Å². The Hall–Kier alpha value is -0.540. The van der Waals surface area contributed by atoms with Crippen molar-refractivity contribution >= 4 is 41.7 Å². The highest BCUT2D eigenvalue weighted by molar-refractivity contribution is 14.0. The van der Waals surface area contributed by atoms with Gasteiger partial charge < -0.3 is 15.4 Å². The molecule has 0 amide bonds. The fourth-order valence-electron chi connectivity index (χ4n) is 3.08. The van der Waals surface area contributed by atoms with Crippen LogP contribution in [-0.2, 0) is 4.74 Å². The van der Waals surface area contributed by atoms with Crippen molar-refractivity contribution in [3.05, 3.63) is 35.6 Å². The van der Waals surface area contributed by atoms with E-state index in [1.165, 1.54) is 37.8 Å². The van der Waals surface area contributed by atoms with Crippen LogP contribution in [0.15, 0.2) is 29.3 Å². The third kappa shape index (κ3) is 7.30. The van der Waals surface area contributed by atoms with Gasteiger partial charge >= 0.3 is 0 Å². The molecule has 0 aliphatic heterocycles. The number of halogens is 2. The molecule has 0 radical (unpaired) electrons. The minimum absolute atomic E-state index is 0. The maximum atomic E-state index is 13.1. The molecule has 0 bridgehead atoms. The van der Waals surface area contributed by atoms with Gasteiger partial charge in [0.15, 0.2) is 5.96 Å². The Morgan fingerprint density at radius 1 is 1.36 bits per heavy atom. The summed E-state index contributed by atoms with van der Waals surface area (Å²) in [4.78, 5) is 4.32. The summed E-state index contributed by atoms with van der Waals surface area (Å²) < 4.78 is 18.6. The highest BCUT2D eigenvalue weighted by Crippen LogP contribution is 2.26. The molecule has 1 fully saturated rings. The van der Waals surface area contributed by atoms with Crippen LogP contribution >= 0.6 is 35.7 Å². The van der Waals surface area contributed by atoms with E-state index in [2.05, 4.69) is 21.9 Å². The largest absolute Gasteiger partial charge is 0.375 e. The molecular formula is C18H29FIN3OS. The van der Waals surface area contributed by atoms with E-state index in [1.807, 2.05) is 11.8 Å². The fourth-order valence-corrected chi connectivity index (χ4v) is 3.91. The number of hydrogen-bond acceptors (Lipinski definition) is 3. The zero-order valence-corrected chi connectivity index (χ0v) is 18.3. The number of aliphatic imine (C=N–C) groups is 1. The Morgan fingerprint density at radius 2 is 2.08 bits per heavy atom. The van der Waals surface area contributed by atoms with Crippen LogP contribution in [0.1, 0.15) is 37.4 Å². The van der Waals surface area contributed by atoms with E-state index in [9.17, 15) is 4.39 Å². The SMILES string of the molecule is CN=C(NCC(OC)c1ccc(F)cc1)NC1CCCC(SC)C1.I. The molecule has 1 aromatic rings. The number of benzene rings is 1. The van der Waals surface area contributed by atoms with Crippen LogP contribution in [0, 0.1) is 5.82 Å². The number of hydrogen-bond donors (Lipinski definition) is 2. The van der Waals surface area contributed by atoms with Crippen LogP contribution < -0.4 is 10.6 Å². The summed E-state index contributed by atoms with van der Waals surface area (Å²) in [5, 5.41) is 7.58. The van der Waals surface area contributed by atoms with Crippen LogP contribution in [0.25, 0.3) is 0 Å². The van der Waals surface area contributed by atoms with E-state index < -0.39 is 0 Å². The molecule has 1 aromatic carbocycles. The van der Waals surface area contributed by atoms with Crippen LogP contribution in [-0.4, -0.2) is 44.2 Å². The predicted octanol–water partition coefficient (Wildman–Crippen LogP) is 3.97. The number of thioether (sulfide) groups is 1. The third-order valence-electron chi connectivity index (χ3n) is 4.51. The van der Waals surface area contributed by atoms with E-state index in [0.717, 1.165) is 16.8 Å². The first kappa shape index (κ1) is 22.5. The monoisotopic (exact) mass is 481 g/mol. The highest BCUT2D eigenvalue weighted by Gasteiger charge is 2.22. The summed E-state index contributed by atoms with van der Waals surface area (Å²) in [5.74, 6) is 0.561. The first-order valence-electron chi connectivity index (χ1n) is 8.44. The minimum Gasteiger partial charge on any atom is -0.375 e. The average molecular weight is 481 g/mol. The van der Waals surface area contributed by atoms with Gasteiger partial charge in [0.2, 0.25) is 0 Å². The summed E-state index contributed by atoms with van der Waals surface area (Å²) in [5.41, 5.74) is 0.946. The molecule has 3 atom stereocenters. The summed E-state index contributed by atoms with van der Waals surface area (Å²) >= 11 is 1.95. The molecule has 1 saturated carbocycles. The summed E-state index contributed by atoms with van der Waals surface area (Å²) in [6, 6.07) is 6.89. The van der Waals surface area contributed by atoms with Crippen molar-refractivity contribution in [2.75, 3.05) is 27.0 Å². The highest BCUT2D eigenvalue weighted by atomic mass is 127. The molecule has 4 nitrogen and oxygen atoms in total. The van der Waals surface area contributed by atoms with Crippen molar-refractivity contribution in [2.24, 2.45) is 4.99 Å². The number of ether oxygens (including phenoxy) is 1. The topological polar surface area (TPSA) is 45.7 Å². The Kier molecular flexibility index (Phi) is 10.8. The molecule has 0 saturated heterocycles. The molecule has 1 aliphatic carbocycles. The maximum absolute atomic E-state index is 13.1. The second-order valence-electron chi connectivity index (χ2n) is 6.09. The van der Waals surface area contributed by atoms with Crippen molar-refractivity contribution in [1.82, 2.24) is 10.6 Å². The number of nitrogens with one attached hydrogen (secondary N) is 2. The molecular weight excluding hydrogens is 452 g/mol. The van der Waals surface area contributed by atoms with E-state index in [4.69, 9.17) is 4.74 Å². The van der Waals surface area contributed by atoms with E-state index >= 15 is 0 Å². The molecule has 0 spiro atoms. The van der Waals surface area contributed by atoms with Gasteiger partial charge in [0.25, 0.3) is 0 Å². The van der Waals surface area contributed by atoms with Gasteiger partial charge in [-0.15, -0.1) is 24.0 Å². The summed E-state index contributed by atoms with van der Waals surface area (Å²) in [6.45, 7) is 0.584. The first-order chi connectivity index (χ1) is 11.7. The molecule has 0 heterocycles. The second-order valence-corrected chi connectivity index (χ2v) is 7.23. The zero-order valence-electron chi connectivity index (χ0n) is 15.1. The van der Waals surface area contributed by atoms with Crippen molar-refractivity contribution < 1.29 is 9.13 Å². The van der Waals surface area contributed by atoms with Crippen molar-refractivity contribution in [2.45, 2.75) is 43.1 Å². The Labute approximate surface area is 171 Å². The minimum atomic E-state index is -0.236. The normalized spacial score (nSPS) is 22.0. The lowest BCUT2D eigenvalue weighted by molar-refractivity contribution is 0.106. The number of nitrogens with zero attached hydrogens (tertiary/aromatic N) is 1. The third-order valence-corrected chi connectivity index (χ3v) is 5.60. The predicted molar refractivity (Wildman–Crippen MR) is 116 cm³/mol. The molecule has 0 aromatic heterocycles. The lowest BCUT2D eigenvalue weighted by atomic mass is 9.95. The number of rotatable bonds is 6. The second kappa shape index (κ2) is 12.0. The van der Waals surface area contributed by atoms with Crippen LogP contribution in [0.5, 0.6) is 0 Å². The van der Waals surface area contributed by atoms with Crippen molar-refractivity contribution in [3.63, 3.8) is 0 Å². The molecule has 2 N–H and O–H groups in total. The lowest BCUT2D eigenvalue weighted by Crippen LogP contribution is -2.46. The number of methoxy groups -OCH3 is 1. The molecule has 142 valence electrons. The summed E-state index contributed by atoms with van der Waals surface area (Å²) in [7, 11) is 3.44. The van der Waals surface area contributed by atoms with Gasteiger partial charge in [0.1, 0.15) is 5.82 Å². The Bertz CT molecular complexity index is 530. The van der Waals surface area contributed by atoms with Crippen LogP contribution in [0.3, 0.4) is 0 Å². The number of guanidine groups is 1. The van der Waals surface area contributed by atoms with Gasteiger partial charge in [-0.1, -0.05) is 18.6 Å². The quantitative estimate of drug-likeness (QED) is 0.367. The van der Waals surface area contributed by atoms with Crippen LogP contribution in [0.4, 0.5) is 4.39 Å². The zero-order chi connectivity index (χ0) is 17.4. The van der Waals surface area contributed by atoms with Crippen molar-refractivity contribution in [3.8, 4) is 0 Å². The average Bonchev–Trinajstić information content (AvgIpc) is 2.62. The lowest BCUT2D eigenvalue weighted by Gasteiger charge is -2.30. The molecule has 1 aliphatic rings. The Morgan fingerprint density at radius 3 is 2.68 bits per heavy atom. The van der Waals surface area contributed by atoms with Gasteiger partial charge in [-0.2, -0.15) is 11.8 Å². The Balaban J connectivity index is 0.00000312. The first-order valence-corrected chi connectivity index (χ1v) is 9.73. The van der Waals surface area contributed by atoms with Gasteiger partial charge in [0, 0.05) is 32.0 Å². The van der Waals surface area contributed by atoms with Crippen molar-refractivity contribution in [1.29, 1.82) is 0 Å². The van der Waals surface area contributed by atoms with Gasteiger partial charge in [-0.25, -0.2) is 4.39 Å². The molecule has 2 rings (SSSR count). The molecule has 3 unspecified atom stereocenters. The van der Waals surface area contributed by atoms with Crippen LogP contribution in [0.2, 0.25) is 0 Å². The maximum Gasteiger partial charge on any atom is 0.191 e. The fraction of sp³-hybridized carbons (Fsp3) is 0.611. The van der Waals surface area contributed by atoms with E-state index in [-0.39, 0.29) is 35.9 Å². The standard InChI is InChI=1S/C18H28FN3OS.HI/c1-20-18(22-15-5-4-6-16(11-15)24-3)21-12-17(23-2)13-7-9-14(19)10-8-13;/h7-10,15-17H,4-6,11-12H2,1-3H3,(H2,20,21,22);1H.